The lowest BCUT2D eigenvalue weighted by Gasteiger charge is -2.10. The van der Waals surface area contributed by atoms with E-state index in [1.807, 2.05) is 85.8 Å². The fraction of sp³-hybridized carbons (Fsp3) is 0.0690. The zero-order valence-corrected chi connectivity index (χ0v) is 19.1. The summed E-state index contributed by atoms with van der Waals surface area (Å²) in [5, 5.41) is 2.95. The lowest BCUT2D eigenvalue weighted by Crippen LogP contribution is -2.13. The molecule has 5 aromatic rings. The lowest BCUT2D eigenvalue weighted by molar-refractivity contribution is 0.102. The maximum absolute atomic E-state index is 13.2. The number of oxazole rings is 1. The highest BCUT2D eigenvalue weighted by Gasteiger charge is 2.17. The number of carbonyl (C=O) groups is 1. The van der Waals surface area contributed by atoms with E-state index in [0.717, 1.165) is 11.3 Å². The van der Waals surface area contributed by atoms with Crippen LogP contribution in [0.3, 0.4) is 0 Å². The van der Waals surface area contributed by atoms with Crippen molar-refractivity contribution in [2.24, 2.45) is 0 Å². The molecule has 0 aliphatic rings. The molecule has 172 valence electrons. The topological polar surface area (TPSA) is 77.2 Å². The molecule has 0 aliphatic heterocycles. The van der Waals surface area contributed by atoms with Gasteiger partial charge in [0.1, 0.15) is 12.4 Å². The highest BCUT2D eigenvalue weighted by molar-refractivity contribution is 6.08. The number of carbonyl (C=O) groups excluding carboxylic acids is 1. The number of nitrogens with one attached hydrogen (secondary N) is 1. The van der Waals surface area contributed by atoms with Crippen molar-refractivity contribution >= 4 is 11.6 Å². The third-order valence-electron chi connectivity index (χ3n) is 5.45. The summed E-state index contributed by atoms with van der Waals surface area (Å²) in [6.45, 7) is 2.38. The molecule has 2 aromatic heterocycles. The fourth-order valence-electron chi connectivity index (χ4n) is 3.62. The summed E-state index contributed by atoms with van der Waals surface area (Å²) in [5.41, 5.74) is 4.62. The second-order valence-corrected chi connectivity index (χ2v) is 8.03. The molecule has 35 heavy (non-hydrogen) atoms. The lowest BCUT2D eigenvalue weighted by atomic mass is 10.1. The molecule has 3 aromatic carbocycles. The number of benzene rings is 3. The Morgan fingerprint density at radius 3 is 2.57 bits per heavy atom. The molecule has 0 unspecified atom stereocenters. The van der Waals surface area contributed by atoms with Gasteiger partial charge in [0.05, 0.1) is 17.5 Å². The minimum Gasteiger partial charge on any atom is -0.487 e. The van der Waals surface area contributed by atoms with E-state index in [9.17, 15) is 4.79 Å². The van der Waals surface area contributed by atoms with Gasteiger partial charge in [-0.25, -0.2) is 4.98 Å². The largest absolute Gasteiger partial charge is 0.487 e. The number of ether oxygens (including phenoxy) is 1. The smallest absolute Gasteiger partial charge is 0.256 e. The number of aryl methyl sites for hydroxylation is 1. The number of nitrogens with zero attached hydrogens (tertiary/aromatic N) is 2. The molecule has 0 saturated heterocycles. The van der Waals surface area contributed by atoms with Crippen molar-refractivity contribution in [3.05, 3.63) is 120 Å². The predicted molar refractivity (Wildman–Crippen MR) is 135 cm³/mol. The molecule has 0 aliphatic carbocycles. The third-order valence-corrected chi connectivity index (χ3v) is 5.45. The van der Waals surface area contributed by atoms with Crippen molar-refractivity contribution in [1.29, 1.82) is 0 Å². The normalized spacial score (nSPS) is 10.7. The number of aromatic nitrogens is 2. The maximum atomic E-state index is 13.2. The monoisotopic (exact) mass is 461 g/mol. The van der Waals surface area contributed by atoms with Gasteiger partial charge in [-0.3, -0.25) is 9.78 Å². The summed E-state index contributed by atoms with van der Waals surface area (Å²) in [4.78, 5) is 21.9. The molecule has 0 atom stereocenters. The Kier molecular flexibility index (Phi) is 6.35. The van der Waals surface area contributed by atoms with Crippen LogP contribution in [0.5, 0.6) is 5.75 Å². The number of amides is 1. The Morgan fingerprint density at radius 1 is 0.914 bits per heavy atom. The summed E-state index contributed by atoms with van der Waals surface area (Å²) in [6.07, 6.45) is 3.40. The highest BCUT2D eigenvalue weighted by atomic mass is 16.5. The van der Waals surface area contributed by atoms with Gasteiger partial charge in [-0.2, -0.15) is 0 Å². The van der Waals surface area contributed by atoms with Crippen LogP contribution < -0.4 is 10.1 Å². The van der Waals surface area contributed by atoms with E-state index in [1.54, 1.807) is 24.5 Å². The number of rotatable bonds is 7. The highest BCUT2D eigenvalue weighted by Crippen LogP contribution is 2.29. The van der Waals surface area contributed by atoms with Crippen LogP contribution >= 0.6 is 0 Å². The van der Waals surface area contributed by atoms with Gasteiger partial charge in [-0.1, -0.05) is 54.1 Å². The maximum Gasteiger partial charge on any atom is 0.256 e. The number of hydrogen-bond acceptors (Lipinski definition) is 5. The summed E-state index contributed by atoms with van der Waals surface area (Å²) in [6, 6.07) is 28.2. The van der Waals surface area contributed by atoms with Gasteiger partial charge in [0, 0.05) is 29.1 Å². The molecule has 5 rings (SSSR count). The number of pyridine rings is 1. The van der Waals surface area contributed by atoms with Crippen LogP contribution in [0.2, 0.25) is 0 Å². The molecule has 0 spiro atoms. The summed E-state index contributed by atoms with van der Waals surface area (Å²) < 4.78 is 11.8. The van der Waals surface area contributed by atoms with Crippen molar-refractivity contribution < 1.29 is 13.9 Å². The van der Waals surface area contributed by atoms with E-state index in [0.29, 0.717) is 40.8 Å². The molecular weight excluding hydrogens is 438 g/mol. The predicted octanol–water partition coefficient (Wildman–Crippen LogP) is 6.54. The van der Waals surface area contributed by atoms with Gasteiger partial charge in [0.15, 0.2) is 5.76 Å². The van der Waals surface area contributed by atoms with E-state index in [-0.39, 0.29) is 5.91 Å². The van der Waals surface area contributed by atoms with E-state index in [1.165, 1.54) is 5.56 Å². The van der Waals surface area contributed by atoms with Crippen LogP contribution in [0.1, 0.15) is 21.6 Å². The standard InChI is InChI=1S/C29H23N3O3/c1-20-12-14-21(15-13-20)27-18-31-29(35-27)26-11-3-2-10-25(26)28(33)32-22-8-6-9-24(17-22)34-19-23-7-4-5-16-30-23/h2-18H,19H2,1H3,(H,32,33). The van der Waals surface area contributed by atoms with Crippen molar-refractivity contribution in [2.75, 3.05) is 5.32 Å². The van der Waals surface area contributed by atoms with E-state index >= 15 is 0 Å². The minimum absolute atomic E-state index is 0.266. The van der Waals surface area contributed by atoms with Gasteiger partial charge in [-0.15, -0.1) is 0 Å². The zero-order valence-electron chi connectivity index (χ0n) is 19.1. The second kappa shape index (κ2) is 10.1. The Hall–Kier alpha value is -4.71. The number of hydrogen-bond donors (Lipinski definition) is 1. The van der Waals surface area contributed by atoms with Crippen LogP contribution in [0.25, 0.3) is 22.8 Å². The first-order valence-electron chi connectivity index (χ1n) is 11.2. The molecular formula is C29H23N3O3. The molecule has 6 heteroatoms. The van der Waals surface area contributed by atoms with Crippen molar-refractivity contribution in [3.8, 4) is 28.5 Å². The van der Waals surface area contributed by atoms with Crippen LogP contribution in [0.15, 0.2) is 108 Å². The van der Waals surface area contributed by atoms with Gasteiger partial charge >= 0.3 is 0 Å². The Morgan fingerprint density at radius 2 is 1.74 bits per heavy atom. The molecule has 1 N–H and O–H groups in total. The van der Waals surface area contributed by atoms with Gasteiger partial charge in [0.25, 0.3) is 5.91 Å². The number of anilines is 1. The first-order chi connectivity index (χ1) is 17.2. The summed E-state index contributed by atoms with van der Waals surface area (Å²) >= 11 is 0. The summed E-state index contributed by atoms with van der Waals surface area (Å²) in [7, 11) is 0. The van der Waals surface area contributed by atoms with E-state index in [4.69, 9.17) is 9.15 Å². The van der Waals surface area contributed by atoms with Crippen LogP contribution in [-0.2, 0) is 6.61 Å². The van der Waals surface area contributed by atoms with Crippen molar-refractivity contribution in [1.82, 2.24) is 9.97 Å². The SMILES string of the molecule is Cc1ccc(-c2cnc(-c3ccccc3C(=O)Nc3cccc(OCc4ccccn4)c3)o2)cc1. The van der Waals surface area contributed by atoms with Crippen LogP contribution in [0.4, 0.5) is 5.69 Å². The molecule has 0 saturated carbocycles. The molecule has 0 radical (unpaired) electrons. The van der Waals surface area contributed by atoms with Gasteiger partial charge < -0.3 is 14.5 Å². The fourth-order valence-corrected chi connectivity index (χ4v) is 3.62. The Bertz CT molecular complexity index is 1440. The molecule has 0 fully saturated rings. The van der Waals surface area contributed by atoms with Crippen molar-refractivity contribution in [2.45, 2.75) is 13.5 Å². The Labute approximate surface area is 203 Å². The second-order valence-electron chi connectivity index (χ2n) is 8.03. The van der Waals surface area contributed by atoms with Gasteiger partial charge in [-0.05, 0) is 43.3 Å². The van der Waals surface area contributed by atoms with Gasteiger partial charge in [0.2, 0.25) is 5.89 Å². The molecule has 6 nitrogen and oxygen atoms in total. The molecule has 1 amide bonds. The van der Waals surface area contributed by atoms with E-state index in [2.05, 4.69) is 15.3 Å². The first kappa shape index (κ1) is 22.1. The van der Waals surface area contributed by atoms with E-state index < -0.39 is 0 Å². The van der Waals surface area contributed by atoms with Crippen LogP contribution in [0, 0.1) is 6.92 Å². The average molecular weight is 462 g/mol. The summed E-state index contributed by atoms with van der Waals surface area (Å²) in [5.74, 6) is 1.40. The quantitative estimate of drug-likeness (QED) is 0.298. The Balaban J connectivity index is 1.33. The minimum atomic E-state index is -0.266. The molecule has 0 bridgehead atoms. The van der Waals surface area contributed by atoms with Crippen molar-refractivity contribution in [3.63, 3.8) is 0 Å². The first-order valence-corrected chi connectivity index (χ1v) is 11.2. The molecule has 2 heterocycles. The van der Waals surface area contributed by atoms with Crippen LogP contribution in [-0.4, -0.2) is 15.9 Å². The third kappa shape index (κ3) is 5.28. The zero-order chi connectivity index (χ0) is 24.0. The average Bonchev–Trinajstić information content (AvgIpc) is 3.39.